The van der Waals surface area contributed by atoms with Gasteiger partial charge in [0.2, 0.25) is 0 Å². The number of aryl methyl sites for hydroxylation is 1. The van der Waals surface area contributed by atoms with Gasteiger partial charge in [-0.2, -0.15) is 0 Å². The maximum atomic E-state index is 13.8. The Balaban J connectivity index is 1.38. The SMILES string of the molecule is CCn1cnnc1CN1C[C@H]2C[C@@H](C1)[C@H](Cc1cccc(F)c1)N1CCCC[C@@H]21. The third-order valence-corrected chi connectivity index (χ3v) is 7.43. The highest BCUT2D eigenvalue weighted by Gasteiger charge is 2.47. The van der Waals surface area contributed by atoms with Crippen molar-refractivity contribution in [3.63, 3.8) is 0 Å². The Kier molecular flexibility index (Phi) is 5.39. The molecule has 0 saturated carbocycles. The summed E-state index contributed by atoms with van der Waals surface area (Å²) >= 11 is 0. The van der Waals surface area contributed by atoms with Crippen molar-refractivity contribution in [3.05, 3.63) is 47.8 Å². The van der Waals surface area contributed by atoms with E-state index in [0.717, 1.165) is 43.4 Å². The van der Waals surface area contributed by atoms with Gasteiger partial charge in [-0.05, 0) is 68.7 Å². The molecule has 6 heteroatoms. The number of nitrogens with zero attached hydrogens (tertiary/aromatic N) is 5. The third-order valence-electron chi connectivity index (χ3n) is 7.43. The van der Waals surface area contributed by atoms with E-state index < -0.39 is 0 Å². The van der Waals surface area contributed by atoms with Crippen LogP contribution in [0, 0.1) is 17.7 Å². The first kappa shape index (κ1) is 19.2. The van der Waals surface area contributed by atoms with Gasteiger partial charge in [0, 0.05) is 31.7 Å². The van der Waals surface area contributed by atoms with Crippen molar-refractivity contribution in [1.29, 1.82) is 0 Å². The molecule has 0 N–H and O–H groups in total. The lowest BCUT2D eigenvalue weighted by molar-refractivity contribution is -0.0735. The molecule has 0 aliphatic carbocycles. The minimum Gasteiger partial charge on any atom is -0.317 e. The Bertz CT molecular complexity index is 836. The maximum absolute atomic E-state index is 13.8. The number of likely N-dealkylation sites (tertiary alicyclic amines) is 1. The van der Waals surface area contributed by atoms with Crippen LogP contribution in [0.4, 0.5) is 4.39 Å². The zero-order chi connectivity index (χ0) is 19.8. The number of aromatic nitrogens is 3. The number of hydrogen-bond acceptors (Lipinski definition) is 4. The van der Waals surface area contributed by atoms with Gasteiger partial charge in [0.05, 0.1) is 6.54 Å². The highest BCUT2D eigenvalue weighted by Crippen LogP contribution is 2.42. The molecule has 29 heavy (non-hydrogen) atoms. The quantitative estimate of drug-likeness (QED) is 0.775. The van der Waals surface area contributed by atoms with Gasteiger partial charge in [0.25, 0.3) is 0 Å². The topological polar surface area (TPSA) is 37.2 Å². The predicted molar refractivity (Wildman–Crippen MR) is 111 cm³/mol. The minimum atomic E-state index is -0.115. The van der Waals surface area contributed by atoms with E-state index in [-0.39, 0.29) is 5.82 Å². The Hall–Kier alpha value is -1.79. The second kappa shape index (κ2) is 8.15. The van der Waals surface area contributed by atoms with Crippen LogP contribution in [-0.4, -0.2) is 56.3 Å². The first-order valence-corrected chi connectivity index (χ1v) is 11.3. The number of fused-ring (bicyclic) bond motifs is 4. The van der Waals surface area contributed by atoms with Crippen LogP contribution < -0.4 is 0 Å². The molecule has 4 heterocycles. The van der Waals surface area contributed by atoms with Gasteiger partial charge < -0.3 is 4.57 Å². The fraction of sp³-hybridized carbons (Fsp3) is 0.652. The summed E-state index contributed by atoms with van der Waals surface area (Å²) in [6.07, 6.45) is 8.09. The van der Waals surface area contributed by atoms with Crippen LogP contribution in [0.25, 0.3) is 0 Å². The highest BCUT2D eigenvalue weighted by atomic mass is 19.1. The molecule has 2 bridgehead atoms. The van der Waals surface area contributed by atoms with E-state index in [1.54, 1.807) is 12.1 Å². The molecule has 156 valence electrons. The van der Waals surface area contributed by atoms with Crippen LogP contribution in [0.15, 0.2) is 30.6 Å². The Labute approximate surface area is 172 Å². The summed E-state index contributed by atoms with van der Waals surface area (Å²) in [6.45, 7) is 7.44. The monoisotopic (exact) mass is 397 g/mol. The van der Waals surface area contributed by atoms with Crippen LogP contribution in [0.2, 0.25) is 0 Å². The molecular weight excluding hydrogens is 365 g/mol. The van der Waals surface area contributed by atoms with E-state index in [1.165, 1.54) is 38.8 Å². The Morgan fingerprint density at radius 1 is 1.17 bits per heavy atom. The molecule has 3 aliphatic heterocycles. The first-order valence-electron chi connectivity index (χ1n) is 11.3. The van der Waals surface area contributed by atoms with Gasteiger partial charge in [0.1, 0.15) is 18.0 Å². The van der Waals surface area contributed by atoms with Crippen molar-refractivity contribution < 1.29 is 4.39 Å². The molecule has 2 aromatic rings. The van der Waals surface area contributed by atoms with Crippen molar-refractivity contribution >= 4 is 0 Å². The molecule has 5 rings (SSSR count). The molecule has 4 atom stereocenters. The molecule has 1 aromatic heterocycles. The lowest BCUT2D eigenvalue weighted by Gasteiger charge is -2.57. The third kappa shape index (κ3) is 3.84. The lowest BCUT2D eigenvalue weighted by atomic mass is 9.71. The first-order chi connectivity index (χ1) is 14.2. The van der Waals surface area contributed by atoms with E-state index in [2.05, 4.69) is 37.6 Å². The highest BCUT2D eigenvalue weighted by molar-refractivity contribution is 5.19. The van der Waals surface area contributed by atoms with Crippen LogP contribution in [-0.2, 0) is 19.5 Å². The van der Waals surface area contributed by atoms with E-state index in [1.807, 2.05) is 12.4 Å². The predicted octanol–water partition coefficient (Wildman–Crippen LogP) is 3.35. The molecular formula is C23H32FN5. The van der Waals surface area contributed by atoms with Gasteiger partial charge in [-0.3, -0.25) is 9.80 Å². The summed E-state index contributed by atoms with van der Waals surface area (Å²) in [6, 6.07) is 8.44. The van der Waals surface area contributed by atoms with Crippen molar-refractivity contribution in [1.82, 2.24) is 24.6 Å². The van der Waals surface area contributed by atoms with Gasteiger partial charge in [0.15, 0.2) is 0 Å². The number of piperidine rings is 3. The smallest absolute Gasteiger partial charge is 0.146 e. The van der Waals surface area contributed by atoms with E-state index in [0.29, 0.717) is 18.0 Å². The summed E-state index contributed by atoms with van der Waals surface area (Å²) < 4.78 is 16.0. The van der Waals surface area contributed by atoms with Crippen molar-refractivity contribution in [2.45, 2.75) is 64.2 Å². The Morgan fingerprint density at radius 2 is 2.07 bits per heavy atom. The summed E-state index contributed by atoms with van der Waals surface area (Å²) in [7, 11) is 0. The summed E-state index contributed by atoms with van der Waals surface area (Å²) in [5.74, 6) is 2.35. The molecule has 3 saturated heterocycles. The maximum Gasteiger partial charge on any atom is 0.146 e. The molecule has 1 aromatic carbocycles. The van der Waals surface area contributed by atoms with Crippen molar-refractivity contribution in [2.75, 3.05) is 19.6 Å². The Morgan fingerprint density at radius 3 is 2.93 bits per heavy atom. The van der Waals surface area contributed by atoms with Crippen molar-refractivity contribution in [3.8, 4) is 0 Å². The van der Waals surface area contributed by atoms with E-state index in [9.17, 15) is 4.39 Å². The summed E-state index contributed by atoms with van der Waals surface area (Å²) in [5.41, 5.74) is 1.14. The van der Waals surface area contributed by atoms with Crippen molar-refractivity contribution in [2.24, 2.45) is 11.8 Å². The summed E-state index contributed by atoms with van der Waals surface area (Å²) in [4.78, 5) is 5.42. The molecule has 0 unspecified atom stereocenters. The largest absolute Gasteiger partial charge is 0.317 e. The minimum absolute atomic E-state index is 0.115. The number of benzene rings is 1. The van der Waals surface area contributed by atoms with Crippen LogP contribution in [0.3, 0.4) is 0 Å². The zero-order valence-corrected chi connectivity index (χ0v) is 17.4. The van der Waals surface area contributed by atoms with Gasteiger partial charge >= 0.3 is 0 Å². The van der Waals surface area contributed by atoms with Crippen LogP contribution in [0.1, 0.15) is 44.0 Å². The van der Waals surface area contributed by atoms with Crippen LogP contribution in [0.5, 0.6) is 0 Å². The number of hydrogen-bond donors (Lipinski definition) is 0. The fourth-order valence-electron chi connectivity index (χ4n) is 6.19. The fourth-order valence-corrected chi connectivity index (χ4v) is 6.19. The van der Waals surface area contributed by atoms with Gasteiger partial charge in [-0.1, -0.05) is 18.6 Å². The molecule has 3 aliphatic rings. The summed E-state index contributed by atoms with van der Waals surface area (Å²) in [5, 5.41) is 8.49. The molecule has 5 nitrogen and oxygen atoms in total. The lowest BCUT2D eigenvalue weighted by Crippen LogP contribution is -2.63. The normalized spacial score (nSPS) is 30.3. The molecule has 0 radical (unpaired) electrons. The van der Waals surface area contributed by atoms with E-state index >= 15 is 0 Å². The second-order valence-corrected chi connectivity index (χ2v) is 9.19. The van der Waals surface area contributed by atoms with E-state index in [4.69, 9.17) is 0 Å². The zero-order valence-electron chi connectivity index (χ0n) is 17.4. The number of halogens is 1. The number of rotatable bonds is 5. The standard InChI is InChI=1S/C23H32FN5/c1-2-28-16-25-26-23(28)15-27-13-18-12-19(14-27)22(29-9-4-3-8-21(18)29)11-17-6-5-7-20(24)10-17/h5-7,10,16,18-19,21-22H,2-4,8-9,11-15H2,1H3/t18-,19+,21+,22+/m1/s1. The molecule has 0 amide bonds. The van der Waals surface area contributed by atoms with Crippen LogP contribution >= 0.6 is 0 Å². The molecule has 3 fully saturated rings. The second-order valence-electron chi connectivity index (χ2n) is 9.19. The van der Waals surface area contributed by atoms with Gasteiger partial charge in [-0.15, -0.1) is 10.2 Å². The molecule has 0 spiro atoms. The van der Waals surface area contributed by atoms with Gasteiger partial charge in [-0.25, -0.2) is 4.39 Å². The average Bonchev–Trinajstić information content (AvgIpc) is 3.18. The average molecular weight is 398 g/mol.